The van der Waals surface area contributed by atoms with E-state index in [0.717, 1.165) is 46.1 Å². The lowest BCUT2D eigenvalue weighted by Gasteiger charge is -2.13. The van der Waals surface area contributed by atoms with Crippen molar-refractivity contribution >= 4 is 33.3 Å². The Morgan fingerprint density at radius 2 is 1.93 bits per heavy atom. The van der Waals surface area contributed by atoms with Gasteiger partial charge in [0, 0.05) is 10.6 Å². The van der Waals surface area contributed by atoms with Gasteiger partial charge in [0.1, 0.15) is 4.83 Å². The molecular weight excluding hydrogens is 396 g/mol. The molecule has 0 unspecified atom stereocenters. The van der Waals surface area contributed by atoms with E-state index in [0.29, 0.717) is 0 Å². The van der Waals surface area contributed by atoms with Crippen molar-refractivity contribution in [1.82, 2.24) is 9.55 Å². The summed E-state index contributed by atoms with van der Waals surface area (Å²) in [6, 6.07) is 16.4. The number of fused-ring (bicyclic) bond motifs is 3. The Kier molecular flexibility index (Phi) is 4.80. The first-order chi connectivity index (χ1) is 14.1. The quantitative estimate of drug-likeness (QED) is 0.308. The number of aromatic nitrogens is 2. The number of aryl methyl sites for hydroxylation is 4. The summed E-state index contributed by atoms with van der Waals surface area (Å²) >= 11 is 3.35. The van der Waals surface area contributed by atoms with E-state index in [1.807, 2.05) is 34.9 Å². The molecule has 2 aromatic heterocycles. The van der Waals surface area contributed by atoms with Gasteiger partial charge in [-0.1, -0.05) is 53.7 Å². The monoisotopic (exact) mass is 418 g/mol. The van der Waals surface area contributed by atoms with E-state index < -0.39 is 0 Å². The lowest BCUT2D eigenvalue weighted by Crippen LogP contribution is -2.21. The molecule has 29 heavy (non-hydrogen) atoms. The molecular formula is C24H22N2OS2. The van der Waals surface area contributed by atoms with Crippen LogP contribution in [-0.2, 0) is 18.6 Å². The highest BCUT2D eigenvalue weighted by atomic mass is 32.2. The predicted octanol–water partition coefficient (Wildman–Crippen LogP) is 5.85. The molecule has 3 nitrogen and oxygen atoms in total. The van der Waals surface area contributed by atoms with Gasteiger partial charge in [0.2, 0.25) is 0 Å². The number of thioether (sulfide) groups is 1. The second kappa shape index (κ2) is 7.47. The van der Waals surface area contributed by atoms with Gasteiger partial charge in [-0.05, 0) is 61.9 Å². The SMILES string of the molecule is Cc1ccc(CSc2nc3sc4c(c3c(=O)n2-c2ccccc2)CCC4)c(C)c1. The number of hydrogen-bond acceptors (Lipinski definition) is 4. The Labute approximate surface area is 178 Å². The Morgan fingerprint density at radius 3 is 2.72 bits per heavy atom. The van der Waals surface area contributed by atoms with Crippen molar-refractivity contribution in [2.45, 2.75) is 44.0 Å². The minimum atomic E-state index is 0.0729. The fourth-order valence-corrected chi connectivity index (χ4v) is 6.47. The molecule has 0 radical (unpaired) electrons. The molecule has 1 aliphatic rings. The van der Waals surface area contributed by atoms with Gasteiger partial charge in [0.25, 0.3) is 5.56 Å². The summed E-state index contributed by atoms with van der Waals surface area (Å²) in [5, 5.41) is 1.61. The van der Waals surface area contributed by atoms with Gasteiger partial charge in [0.05, 0.1) is 11.1 Å². The van der Waals surface area contributed by atoms with Crippen molar-refractivity contribution in [3.05, 3.63) is 86.0 Å². The van der Waals surface area contributed by atoms with E-state index in [9.17, 15) is 4.79 Å². The number of hydrogen-bond donors (Lipinski definition) is 0. The summed E-state index contributed by atoms with van der Waals surface area (Å²) in [4.78, 5) is 20.8. The molecule has 4 aromatic rings. The van der Waals surface area contributed by atoms with E-state index >= 15 is 0 Å². The maximum atomic E-state index is 13.6. The lowest BCUT2D eigenvalue weighted by atomic mass is 10.1. The zero-order valence-electron chi connectivity index (χ0n) is 16.6. The number of thiophene rings is 1. The molecule has 2 heterocycles. The van der Waals surface area contributed by atoms with Gasteiger partial charge in [0.15, 0.2) is 5.16 Å². The highest BCUT2D eigenvalue weighted by Gasteiger charge is 2.23. The maximum Gasteiger partial charge on any atom is 0.267 e. The average molecular weight is 419 g/mol. The third-order valence-corrected chi connectivity index (χ3v) is 7.75. The molecule has 0 N–H and O–H groups in total. The Bertz CT molecular complexity index is 1270. The van der Waals surface area contributed by atoms with Crippen LogP contribution in [0, 0.1) is 13.8 Å². The first-order valence-electron chi connectivity index (χ1n) is 9.93. The highest BCUT2D eigenvalue weighted by Crippen LogP contribution is 2.36. The first kappa shape index (κ1) is 18.6. The van der Waals surface area contributed by atoms with Crippen LogP contribution >= 0.6 is 23.1 Å². The summed E-state index contributed by atoms with van der Waals surface area (Å²) in [6.07, 6.45) is 3.22. The smallest absolute Gasteiger partial charge is 0.267 e. The molecule has 0 bridgehead atoms. The van der Waals surface area contributed by atoms with Crippen molar-refractivity contribution in [3.8, 4) is 5.69 Å². The van der Waals surface area contributed by atoms with E-state index in [1.54, 1.807) is 23.1 Å². The van der Waals surface area contributed by atoms with Crippen molar-refractivity contribution in [3.63, 3.8) is 0 Å². The minimum absolute atomic E-state index is 0.0729. The lowest BCUT2D eigenvalue weighted by molar-refractivity contribution is 0.820. The van der Waals surface area contributed by atoms with Gasteiger partial charge in [-0.2, -0.15) is 0 Å². The number of rotatable bonds is 4. The summed E-state index contributed by atoms with van der Waals surface area (Å²) in [5.41, 5.74) is 6.02. The zero-order chi connectivity index (χ0) is 20.0. The fourth-order valence-electron chi connectivity index (χ4n) is 4.08. The van der Waals surface area contributed by atoms with E-state index in [4.69, 9.17) is 4.98 Å². The van der Waals surface area contributed by atoms with Crippen LogP contribution in [-0.4, -0.2) is 9.55 Å². The number of para-hydroxylation sites is 1. The zero-order valence-corrected chi connectivity index (χ0v) is 18.2. The van der Waals surface area contributed by atoms with Crippen molar-refractivity contribution in [1.29, 1.82) is 0 Å². The van der Waals surface area contributed by atoms with Crippen LogP contribution in [0.25, 0.3) is 15.9 Å². The van der Waals surface area contributed by atoms with Gasteiger partial charge < -0.3 is 0 Å². The molecule has 0 amide bonds. The Morgan fingerprint density at radius 1 is 1.10 bits per heavy atom. The van der Waals surface area contributed by atoms with Crippen molar-refractivity contribution < 1.29 is 0 Å². The third kappa shape index (κ3) is 3.32. The van der Waals surface area contributed by atoms with Crippen molar-refractivity contribution in [2.75, 3.05) is 0 Å². The van der Waals surface area contributed by atoms with E-state index in [-0.39, 0.29) is 5.56 Å². The number of nitrogens with zero attached hydrogens (tertiary/aromatic N) is 2. The summed E-state index contributed by atoms with van der Waals surface area (Å²) < 4.78 is 1.81. The Hall–Kier alpha value is -2.37. The van der Waals surface area contributed by atoms with Crippen LogP contribution < -0.4 is 5.56 Å². The molecule has 5 rings (SSSR count). The van der Waals surface area contributed by atoms with Gasteiger partial charge in [-0.15, -0.1) is 11.3 Å². The van der Waals surface area contributed by atoms with Gasteiger partial charge in [-0.25, -0.2) is 4.98 Å². The second-order valence-corrected chi connectivity index (χ2v) is 9.65. The van der Waals surface area contributed by atoms with Crippen LogP contribution in [0.15, 0.2) is 58.5 Å². The van der Waals surface area contributed by atoms with E-state index in [1.165, 1.54) is 27.1 Å². The molecule has 0 fully saturated rings. The normalized spacial score (nSPS) is 13.2. The minimum Gasteiger partial charge on any atom is -0.268 e. The van der Waals surface area contributed by atoms with Gasteiger partial charge in [-0.3, -0.25) is 9.36 Å². The summed E-state index contributed by atoms with van der Waals surface area (Å²) in [5.74, 6) is 0.794. The van der Waals surface area contributed by atoms with Crippen LogP contribution in [0.1, 0.15) is 33.6 Å². The van der Waals surface area contributed by atoms with Crippen LogP contribution in [0.4, 0.5) is 0 Å². The molecule has 1 aliphatic carbocycles. The van der Waals surface area contributed by atoms with Gasteiger partial charge >= 0.3 is 0 Å². The van der Waals surface area contributed by atoms with Crippen LogP contribution in [0.3, 0.4) is 0 Å². The molecule has 146 valence electrons. The van der Waals surface area contributed by atoms with E-state index in [2.05, 4.69) is 32.0 Å². The van der Waals surface area contributed by atoms with Crippen LogP contribution in [0.2, 0.25) is 0 Å². The second-order valence-electron chi connectivity index (χ2n) is 7.63. The Balaban J connectivity index is 1.64. The molecule has 5 heteroatoms. The average Bonchev–Trinajstić information content (AvgIpc) is 3.29. The standard InChI is InChI=1S/C24H22N2OS2/c1-15-11-12-17(16(2)13-15)14-28-24-25-22-21(19-9-6-10-20(19)29-22)23(27)26(24)18-7-4-3-5-8-18/h3-5,7-8,11-13H,6,9-10,14H2,1-2H3. The van der Waals surface area contributed by atoms with Crippen LogP contribution in [0.5, 0.6) is 0 Å². The molecule has 0 saturated carbocycles. The predicted molar refractivity (Wildman–Crippen MR) is 123 cm³/mol. The molecule has 0 atom stereocenters. The molecule has 2 aromatic carbocycles. The largest absolute Gasteiger partial charge is 0.268 e. The molecule has 0 aliphatic heterocycles. The molecule has 0 saturated heterocycles. The summed E-state index contributed by atoms with van der Waals surface area (Å²) in [7, 11) is 0. The first-order valence-corrected chi connectivity index (χ1v) is 11.7. The fraction of sp³-hybridized carbons (Fsp3) is 0.250. The highest BCUT2D eigenvalue weighted by molar-refractivity contribution is 7.98. The number of benzene rings is 2. The topological polar surface area (TPSA) is 34.9 Å². The van der Waals surface area contributed by atoms with Crippen molar-refractivity contribution in [2.24, 2.45) is 0 Å². The maximum absolute atomic E-state index is 13.6. The third-order valence-electron chi connectivity index (χ3n) is 5.58. The summed E-state index contributed by atoms with van der Waals surface area (Å²) in [6.45, 7) is 4.26. The molecule has 0 spiro atoms.